The van der Waals surface area contributed by atoms with Gasteiger partial charge in [0.1, 0.15) is 29.4 Å². The second-order valence-electron chi connectivity index (χ2n) is 9.58. The lowest BCUT2D eigenvalue weighted by Crippen LogP contribution is -2.47. The second kappa shape index (κ2) is 11.9. The van der Waals surface area contributed by atoms with Gasteiger partial charge in [0.05, 0.1) is 26.9 Å². The molecule has 40 heavy (non-hydrogen) atoms. The predicted molar refractivity (Wildman–Crippen MR) is 149 cm³/mol. The molecule has 1 aliphatic heterocycles. The molecule has 3 aromatic carbocycles. The summed E-state index contributed by atoms with van der Waals surface area (Å²) < 4.78 is 24.8. The second-order valence-corrected chi connectivity index (χ2v) is 9.58. The number of aliphatic hydroxyl groups is 1. The molecule has 9 nitrogen and oxygen atoms in total. The molecule has 1 saturated heterocycles. The quantitative estimate of drug-likeness (QED) is 0.310. The van der Waals surface area contributed by atoms with E-state index in [9.17, 15) is 14.7 Å². The number of rotatable bonds is 9. The third-order valence-electron chi connectivity index (χ3n) is 7.28. The number of aromatic nitrogens is 2. The van der Waals surface area contributed by atoms with Crippen LogP contribution >= 0.6 is 0 Å². The lowest BCUT2D eigenvalue weighted by atomic mass is 9.80. The van der Waals surface area contributed by atoms with Gasteiger partial charge in [-0.05, 0) is 53.8 Å². The molecule has 9 heteroatoms. The molecule has 2 N–H and O–H groups in total. The van der Waals surface area contributed by atoms with E-state index >= 15 is 0 Å². The van der Waals surface area contributed by atoms with Crippen molar-refractivity contribution in [2.75, 3.05) is 20.8 Å². The van der Waals surface area contributed by atoms with Crippen LogP contribution in [0.3, 0.4) is 0 Å². The number of hydrogen-bond donors (Lipinski definition) is 2. The Morgan fingerprint density at radius 3 is 1.98 bits per heavy atom. The summed E-state index contributed by atoms with van der Waals surface area (Å²) in [5.74, 6) is 1.40. The Labute approximate surface area is 231 Å². The minimum absolute atomic E-state index is 0.0237. The van der Waals surface area contributed by atoms with Gasteiger partial charge in [0.15, 0.2) is 0 Å². The van der Waals surface area contributed by atoms with Crippen LogP contribution in [0.1, 0.15) is 35.8 Å². The van der Waals surface area contributed by atoms with Crippen molar-refractivity contribution in [1.82, 2.24) is 9.55 Å². The number of ether oxygens (including phenoxy) is 4. The van der Waals surface area contributed by atoms with Gasteiger partial charge in [-0.25, -0.2) is 9.36 Å². The molecule has 3 atom stereocenters. The Morgan fingerprint density at radius 2 is 1.43 bits per heavy atom. The standard InChI is InChI=1S/C31H32N2O7/c1-37-24-12-8-22(9-13-24)31(21-6-4-3-5-7-21,23-10-14-25(38-2)15-11-23)39-20-27-26(34)16-17-29(40-27)33-28(35)18-19-32-30(33)36/h3-15,18-19,26-27,29,34H,16-17,20H2,1-2H3,(H,32,36)/t26-,27+,29+/m0/s1. The van der Waals surface area contributed by atoms with E-state index in [2.05, 4.69) is 4.98 Å². The monoisotopic (exact) mass is 544 g/mol. The SMILES string of the molecule is COc1ccc(C(OC[C@H]2O[C@@H](n3c(=O)cc[nH]c3=O)CC[C@@H]2O)(c2ccccc2)c2ccc(OC)cc2)cc1. The highest BCUT2D eigenvalue weighted by molar-refractivity contribution is 5.49. The number of benzene rings is 3. The van der Waals surface area contributed by atoms with Crippen LogP contribution in [0, 0.1) is 0 Å². The molecule has 0 saturated carbocycles. The van der Waals surface area contributed by atoms with Gasteiger partial charge in [-0.1, -0.05) is 54.6 Å². The summed E-state index contributed by atoms with van der Waals surface area (Å²) in [6.45, 7) is -0.0237. The summed E-state index contributed by atoms with van der Waals surface area (Å²) in [4.78, 5) is 27.4. The van der Waals surface area contributed by atoms with Crippen LogP contribution in [-0.2, 0) is 15.1 Å². The molecule has 0 spiro atoms. The third kappa shape index (κ3) is 5.31. The minimum Gasteiger partial charge on any atom is -0.497 e. The fourth-order valence-corrected chi connectivity index (χ4v) is 5.19. The number of aromatic amines is 1. The van der Waals surface area contributed by atoms with Crippen molar-refractivity contribution in [3.8, 4) is 11.5 Å². The average Bonchev–Trinajstić information content (AvgIpc) is 3.00. The van der Waals surface area contributed by atoms with Gasteiger partial charge >= 0.3 is 5.69 Å². The molecule has 1 aliphatic rings. The smallest absolute Gasteiger partial charge is 0.330 e. The Hall–Kier alpha value is -4.18. The van der Waals surface area contributed by atoms with Crippen molar-refractivity contribution < 1.29 is 24.1 Å². The number of aliphatic hydroxyl groups excluding tert-OH is 1. The lowest BCUT2D eigenvalue weighted by Gasteiger charge is -2.40. The Morgan fingerprint density at radius 1 is 0.850 bits per heavy atom. The van der Waals surface area contributed by atoms with Crippen LogP contribution in [0.2, 0.25) is 0 Å². The van der Waals surface area contributed by atoms with Gasteiger partial charge in [0.2, 0.25) is 0 Å². The van der Waals surface area contributed by atoms with Crippen molar-refractivity contribution in [2.24, 2.45) is 0 Å². The first kappa shape index (κ1) is 27.4. The predicted octanol–water partition coefficient (Wildman–Crippen LogP) is 3.60. The molecule has 1 aromatic heterocycles. The molecule has 2 heterocycles. The van der Waals surface area contributed by atoms with E-state index in [1.165, 1.54) is 12.3 Å². The Bertz CT molecular complexity index is 1440. The molecular formula is C31H32N2O7. The van der Waals surface area contributed by atoms with E-state index in [1.807, 2.05) is 78.9 Å². The van der Waals surface area contributed by atoms with Gasteiger partial charge < -0.3 is 29.0 Å². The Balaban J connectivity index is 1.56. The van der Waals surface area contributed by atoms with E-state index in [1.54, 1.807) is 14.2 Å². The lowest BCUT2D eigenvalue weighted by molar-refractivity contribution is -0.180. The highest BCUT2D eigenvalue weighted by Crippen LogP contribution is 2.42. The first-order chi connectivity index (χ1) is 19.5. The van der Waals surface area contributed by atoms with E-state index in [0.717, 1.165) is 21.3 Å². The summed E-state index contributed by atoms with van der Waals surface area (Å²) in [6, 6.07) is 26.3. The summed E-state index contributed by atoms with van der Waals surface area (Å²) in [7, 11) is 3.22. The molecule has 1 fully saturated rings. The molecule has 5 rings (SSSR count). The molecule has 4 aromatic rings. The van der Waals surface area contributed by atoms with E-state index in [0.29, 0.717) is 24.3 Å². The van der Waals surface area contributed by atoms with Crippen molar-refractivity contribution in [3.05, 3.63) is 129 Å². The van der Waals surface area contributed by atoms with Crippen molar-refractivity contribution in [1.29, 1.82) is 0 Å². The van der Waals surface area contributed by atoms with Crippen LogP contribution < -0.4 is 20.7 Å². The minimum atomic E-state index is -1.10. The maximum atomic E-state index is 12.5. The molecule has 0 bridgehead atoms. The third-order valence-corrected chi connectivity index (χ3v) is 7.28. The van der Waals surface area contributed by atoms with Crippen LogP contribution in [0.4, 0.5) is 0 Å². The fraction of sp³-hybridized carbons (Fsp3) is 0.290. The van der Waals surface area contributed by atoms with Crippen LogP contribution in [0.5, 0.6) is 11.5 Å². The zero-order chi connectivity index (χ0) is 28.1. The average molecular weight is 545 g/mol. The molecule has 0 radical (unpaired) electrons. The Kier molecular flexibility index (Phi) is 8.16. The highest BCUT2D eigenvalue weighted by atomic mass is 16.6. The van der Waals surface area contributed by atoms with E-state index < -0.39 is 35.3 Å². The maximum absolute atomic E-state index is 12.5. The number of H-pyrrole nitrogens is 1. The summed E-state index contributed by atoms with van der Waals surface area (Å²) in [5, 5.41) is 10.9. The molecule has 208 valence electrons. The zero-order valence-corrected chi connectivity index (χ0v) is 22.4. The van der Waals surface area contributed by atoms with Gasteiger partial charge in [0.25, 0.3) is 5.56 Å². The summed E-state index contributed by atoms with van der Waals surface area (Å²) >= 11 is 0. The largest absolute Gasteiger partial charge is 0.497 e. The number of nitrogens with zero attached hydrogens (tertiary/aromatic N) is 1. The van der Waals surface area contributed by atoms with Crippen LogP contribution in [-0.4, -0.2) is 47.7 Å². The zero-order valence-electron chi connectivity index (χ0n) is 22.4. The topological polar surface area (TPSA) is 112 Å². The molecular weight excluding hydrogens is 512 g/mol. The molecule has 0 unspecified atom stereocenters. The molecule has 0 aliphatic carbocycles. The number of nitrogens with one attached hydrogen (secondary N) is 1. The van der Waals surface area contributed by atoms with Crippen molar-refractivity contribution >= 4 is 0 Å². The van der Waals surface area contributed by atoms with Crippen LogP contribution in [0.15, 0.2) is 101 Å². The summed E-state index contributed by atoms with van der Waals surface area (Å²) in [6.07, 6.45) is -0.534. The highest BCUT2D eigenvalue weighted by Gasteiger charge is 2.41. The summed E-state index contributed by atoms with van der Waals surface area (Å²) in [5.41, 5.74) is 0.396. The van der Waals surface area contributed by atoms with E-state index in [4.69, 9.17) is 18.9 Å². The normalized spacial score (nSPS) is 19.2. The van der Waals surface area contributed by atoms with Gasteiger partial charge in [-0.15, -0.1) is 0 Å². The van der Waals surface area contributed by atoms with Gasteiger partial charge in [-0.2, -0.15) is 0 Å². The molecule has 0 amide bonds. The fourth-order valence-electron chi connectivity index (χ4n) is 5.19. The van der Waals surface area contributed by atoms with Crippen LogP contribution in [0.25, 0.3) is 0 Å². The first-order valence-corrected chi connectivity index (χ1v) is 13.1. The number of methoxy groups -OCH3 is 2. The maximum Gasteiger partial charge on any atom is 0.330 e. The van der Waals surface area contributed by atoms with Gasteiger partial charge in [-0.3, -0.25) is 4.79 Å². The van der Waals surface area contributed by atoms with Crippen molar-refractivity contribution in [2.45, 2.75) is 36.9 Å². The van der Waals surface area contributed by atoms with Crippen molar-refractivity contribution in [3.63, 3.8) is 0 Å². The first-order valence-electron chi connectivity index (χ1n) is 13.1. The van der Waals surface area contributed by atoms with Gasteiger partial charge in [0, 0.05) is 12.3 Å². The van der Waals surface area contributed by atoms with E-state index in [-0.39, 0.29) is 6.61 Å². The number of hydrogen-bond acceptors (Lipinski definition) is 7.